The molecule has 0 heterocycles. The largest absolute Gasteiger partial charge is 0.395 e. The van der Waals surface area contributed by atoms with Gasteiger partial charge in [-0.1, -0.05) is 13.3 Å². The van der Waals surface area contributed by atoms with Crippen LogP contribution >= 0.6 is 0 Å². The zero-order valence-electron chi connectivity index (χ0n) is 10.2. The summed E-state index contributed by atoms with van der Waals surface area (Å²) in [6.07, 6.45) is 1.98. The van der Waals surface area contributed by atoms with Crippen molar-refractivity contribution in [1.29, 1.82) is 0 Å². The molecule has 4 heteroatoms. The summed E-state index contributed by atoms with van der Waals surface area (Å²) in [4.78, 5) is 13.6. The molecule has 0 radical (unpaired) electrons. The number of methoxy groups -OCH3 is 1. The Kier molecular flexibility index (Phi) is 6.52. The third-order valence-corrected chi connectivity index (χ3v) is 2.46. The minimum Gasteiger partial charge on any atom is -0.395 e. The van der Waals surface area contributed by atoms with Gasteiger partial charge in [0.25, 0.3) is 5.91 Å². The highest BCUT2D eigenvalue weighted by atomic mass is 16.5. The molecule has 0 fully saturated rings. The maximum absolute atomic E-state index is 12.0. The number of carbonyl (C=O) groups excluding carboxylic acids is 1. The monoisotopic (exact) mass is 217 g/mol. The van der Waals surface area contributed by atoms with E-state index < -0.39 is 5.60 Å². The molecule has 0 aromatic carbocycles. The zero-order valence-corrected chi connectivity index (χ0v) is 10.2. The highest BCUT2D eigenvalue weighted by molar-refractivity contribution is 5.84. The number of hydrogen-bond donors (Lipinski definition) is 1. The Hall–Kier alpha value is -0.610. The average Bonchev–Trinajstić information content (AvgIpc) is 2.23. The molecule has 15 heavy (non-hydrogen) atoms. The number of hydrogen-bond acceptors (Lipinski definition) is 3. The predicted molar refractivity (Wildman–Crippen MR) is 59.7 cm³/mol. The lowest BCUT2D eigenvalue weighted by Crippen LogP contribution is -2.47. The van der Waals surface area contributed by atoms with Gasteiger partial charge in [-0.2, -0.15) is 0 Å². The van der Waals surface area contributed by atoms with Crippen molar-refractivity contribution < 1.29 is 14.6 Å². The van der Waals surface area contributed by atoms with Crippen LogP contribution in [0.1, 0.15) is 33.6 Å². The molecule has 0 aliphatic carbocycles. The Balaban J connectivity index is 4.40. The Morgan fingerprint density at radius 2 is 2.00 bits per heavy atom. The first-order valence-corrected chi connectivity index (χ1v) is 5.45. The fraction of sp³-hybridized carbons (Fsp3) is 0.909. The van der Waals surface area contributed by atoms with E-state index in [9.17, 15) is 4.79 Å². The summed E-state index contributed by atoms with van der Waals surface area (Å²) in [6.45, 7) is 6.62. The van der Waals surface area contributed by atoms with Crippen LogP contribution in [-0.4, -0.2) is 48.3 Å². The van der Waals surface area contributed by atoms with Gasteiger partial charge in [0.05, 0.1) is 6.61 Å². The molecule has 0 saturated carbocycles. The van der Waals surface area contributed by atoms with Crippen molar-refractivity contribution in [1.82, 2.24) is 4.90 Å². The molecule has 0 unspecified atom stereocenters. The molecule has 0 bridgehead atoms. The summed E-state index contributed by atoms with van der Waals surface area (Å²) in [5.41, 5.74) is -0.803. The summed E-state index contributed by atoms with van der Waals surface area (Å²) in [5, 5.41) is 8.89. The minimum atomic E-state index is -0.803. The molecular weight excluding hydrogens is 194 g/mol. The van der Waals surface area contributed by atoms with Crippen LogP contribution < -0.4 is 0 Å². The van der Waals surface area contributed by atoms with Gasteiger partial charge in [-0.15, -0.1) is 0 Å². The SMILES string of the molecule is CCCCN(CCO)C(=O)C(C)(C)OC. The maximum Gasteiger partial charge on any atom is 0.254 e. The summed E-state index contributed by atoms with van der Waals surface area (Å²) < 4.78 is 5.13. The van der Waals surface area contributed by atoms with Gasteiger partial charge in [-0.25, -0.2) is 0 Å². The van der Waals surface area contributed by atoms with Crippen LogP contribution in [0.25, 0.3) is 0 Å². The van der Waals surface area contributed by atoms with Crippen LogP contribution in [0.15, 0.2) is 0 Å². The third kappa shape index (κ3) is 4.62. The second kappa shape index (κ2) is 6.80. The van der Waals surface area contributed by atoms with Crippen molar-refractivity contribution in [2.45, 2.75) is 39.2 Å². The summed E-state index contributed by atoms with van der Waals surface area (Å²) in [6, 6.07) is 0. The molecule has 0 spiro atoms. The first kappa shape index (κ1) is 14.4. The van der Waals surface area contributed by atoms with Crippen LogP contribution in [0.5, 0.6) is 0 Å². The number of carbonyl (C=O) groups is 1. The van der Waals surface area contributed by atoms with E-state index in [1.54, 1.807) is 18.7 Å². The van der Waals surface area contributed by atoms with E-state index in [0.717, 1.165) is 12.8 Å². The molecule has 0 aromatic rings. The lowest BCUT2D eigenvalue weighted by Gasteiger charge is -2.30. The number of aliphatic hydroxyl groups excluding tert-OH is 1. The van der Waals surface area contributed by atoms with Crippen molar-refractivity contribution in [2.24, 2.45) is 0 Å². The molecule has 0 saturated heterocycles. The number of rotatable bonds is 7. The predicted octanol–water partition coefficient (Wildman–Crippen LogP) is 1.03. The first-order chi connectivity index (χ1) is 6.99. The highest BCUT2D eigenvalue weighted by Crippen LogP contribution is 2.12. The van der Waals surface area contributed by atoms with Crippen molar-refractivity contribution in [2.75, 3.05) is 26.8 Å². The lowest BCUT2D eigenvalue weighted by atomic mass is 10.1. The van der Waals surface area contributed by atoms with Gasteiger partial charge in [-0.3, -0.25) is 4.79 Å². The van der Waals surface area contributed by atoms with Crippen LogP contribution in [0.3, 0.4) is 0 Å². The fourth-order valence-electron chi connectivity index (χ4n) is 1.25. The molecule has 0 atom stereocenters. The normalized spacial score (nSPS) is 11.5. The molecule has 1 amide bonds. The molecule has 0 rings (SSSR count). The Morgan fingerprint density at radius 3 is 2.40 bits per heavy atom. The quantitative estimate of drug-likeness (QED) is 0.693. The van der Waals surface area contributed by atoms with Crippen LogP contribution in [0.4, 0.5) is 0 Å². The van der Waals surface area contributed by atoms with Crippen molar-refractivity contribution >= 4 is 5.91 Å². The fourth-order valence-corrected chi connectivity index (χ4v) is 1.25. The summed E-state index contributed by atoms with van der Waals surface area (Å²) >= 11 is 0. The van der Waals surface area contributed by atoms with E-state index in [4.69, 9.17) is 9.84 Å². The summed E-state index contributed by atoms with van der Waals surface area (Å²) in [7, 11) is 1.52. The first-order valence-electron chi connectivity index (χ1n) is 5.45. The number of ether oxygens (including phenoxy) is 1. The Morgan fingerprint density at radius 1 is 1.40 bits per heavy atom. The van der Waals surface area contributed by atoms with Crippen molar-refractivity contribution in [3.63, 3.8) is 0 Å². The molecule has 90 valence electrons. The van der Waals surface area contributed by atoms with Gasteiger partial charge in [0.2, 0.25) is 0 Å². The number of aliphatic hydroxyl groups is 1. The highest BCUT2D eigenvalue weighted by Gasteiger charge is 2.31. The van der Waals surface area contributed by atoms with Gasteiger partial charge in [0.15, 0.2) is 0 Å². The van der Waals surface area contributed by atoms with Gasteiger partial charge in [-0.05, 0) is 20.3 Å². The van der Waals surface area contributed by atoms with Gasteiger partial charge >= 0.3 is 0 Å². The van der Waals surface area contributed by atoms with Gasteiger partial charge < -0.3 is 14.7 Å². The molecular formula is C11H23NO3. The Bertz CT molecular complexity index is 192. The molecule has 4 nitrogen and oxygen atoms in total. The van der Waals surface area contributed by atoms with E-state index in [0.29, 0.717) is 13.1 Å². The van der Waals surface area contributed by atoms with Crippen LogP contribution in [0.2, 0.25) is 0 Å². The molecule has 0 aliphatic heterocycles. The second-order valence-corrected chi connectivity index (χ2v) is 4.08. The zero-order chi connectivity index (χ0) is 11.9. The molecule has 0 aliphatic rings. The average molecular weight is 217 g/mol. The smallest absolute Gasteiger partial charge is 0.254 e. The van der Waals surface area contributed by atoms with E-state index in [2.05, 4.69) is 6.92 Å². The molecule has 0 aromatic heterocycles. The third-order valence-electron chi connectivity index (χ3n) is 2.46. The van der Waals surface area contributed by atoms with E-state index in [1.807, 2.05) is 0 Å². The second-order valence-electron chi connectivity index (χ2n) is 4.08. The lowest BCUT2D eigenvalue weighted by molar-refractivity contribution is -0.151. The van der Waals surface area contributed by atoms with Crippen molar-refractivity contribution in [3.05, 3.63) is 0 Å². The standard InChI is InChI=1S/C11H23NO3/c1-5-6-7-12(8-9-13)10(14)11(2,3)15-4/h13H,5-9H2,1-4H3. The number of amides is 1. The number of nitrogens with zero attached hydrogens (tertiary/aromatic N) is 1. The topological polar surface area (TPSA) is 49.8 Å². The minimum absolute atomic E-state index is 0.00471. The summed E-state index contributed by atoms with van der Waals surface area (Å²) in [5.74, 6) is -0.0625. The van der Waals surface area contributed by atoms with Gasteiger partial charge in [0.1, 0.15) is 5.60 Å². The number of unbranched alkanes of at least 4 members (excludes halogenated alkanes) is 1. The van der Waals surface area contributed by atoms with Crippen LogP contribution in [-0.2, 0) is 9.53 Å². The van der Waals surface area contributed by atoms with Gasteiger partial charge in [0, 0.05) is 20.2 Å². The molecule has 1 N–H and O–H groups in total. The van der Waals surface area contributed by atoms with E-state index in [-0.39, 0.29) is 12.5 Å². The Labute approximate surface area is 92.2 Å². The van der Waals surface area contributed by atoms with E-state index >= 15 is 0 Å². The maximum atomic E-state index is 12.0. The van der Waals surface area contributed by atoms with E-state index in [1.165, 1.54) is 7.11 Å². The van der Waals surface area contributed by atoms with Crippen LogP contribution in [0, 0.1) is 0 Å². The van der Waals surface area contributed by atoms with Crippen molar-refractivity contribution in [3.8, 4) is 0 Å².